The summed E-state index contributed by atoms with van der Waals surface area (Å²) in [7, 11) is 0. The zero-order valence-corrected chi connectivity index (χ0v) is 11.6. The van der Waals surface area contributed by atoms with Crippen molar-refractivity contribution in [1.29, 1.82) is 0 Å². The lowest BCUT2D eigenvalue weighted by Gasteiger charge is -2.09. The number of anilines is 3. The maximum absolute atomic E-state index is 6.02. The summed E-state index contributed by atoms with van der Waals surface area (Å²) in [5.74, 6) is 0.531. The van der Waals surface area contributed by atoms with Gasteiger partial charge in [-0.25, -0.2) is 4.98 Å². The van der Waals surface area contributed by atoms with Gasteiger partial charge in [-0.1, -0.05) is 23.2 Å². The van der Waals surface area contributed by atoms with E-state index in [1.54, 1.807) is 18.2 Å². The van der Waals surface area contributed by atoms with Crippen molar-refractivity contribution >= 4 is 56.3 Å². The molecule has 0 saturated carbocycles. The number of rotatable bonds is 2. The topological polar surface area (TPSA) is 50.9 Å². The molecule has 0 aliphatic rings. The Balaban J connectivity index is 2.34. The minimum atomic E-state index is 0.455. The fraction of sp³-hybridized carbons (Fsp3) is 0. The van der Waals surface area contributed by atoms with Crippen LogP contribution in [0, 0.1) is 0 Å². The van der Waals surface area contributed by atoms with Gasteiger partial charge < -0.3 is 11.1 Å². The second-order valence-corrected chi connectivity index (χ2v) is 5.05. The van der Waals surface area contributed by atoms with Crippen molar-refractivity contribution < 1.29 is 0 Å². The van der Waals surface area contributed by atoms with Crippen LogP contribution in [0.1, 0.15) is 0 Å². The van der Waals surface area contributed by atoms with Crippen LogP contribution in [0.5, 0.6) is 0 Å². The molecule has 3 nitrogen and oxygen atoms in total. The molecule has 0 spiro atoms. The molecule has 0 radical (unpaired) electrons. The second kappa shape index (κ2) is 5.12. The number of hydrogen-bond acceptors (Lipinski definition) is 3. The fourth-order valence-electron chi connectivity index (χ4n) is 1.27. The highest BCUT2D eigenvalue weighted by atomic mass is 79.9. The molecule has 0 aliphatic carbocycles. The van der Waals surface area contributed by atoms with E-state index in [-0.39, 0.29) is 0 Å². The van der Waals surface area contributed by atoms with Gasteiger partial charge in [0.2, 0.25) is 0 Å². The van der Waals surface area contributed by atoms with Crippen molar-refractivity contribution in [2.75, 3.05) is 11.1 Å². The maximum atomic E-state index is 6.02. The Morgan fingerprint density at radius 3 is 2.71 bits per heavy atom. The third-order valence-electron chi connectivity index (χ3n) is 2.04. The van der Waals surface area contributed by atoms with E-state index >= 15 is 0 Å². The second-order valence-electron chi connectivity index (χ2n) is 3.35. The van der Waals surface area contributed by atoms with Crippen LogP contribution in [0.25, 0.3) is 0 Å². The number of pyridine rings is 1. The zero-order valence-electron chi connectivity index (χ0n) is 8.55. The molecule has 2 rings (SSSR count). The molecule has 3 N–H and O–H groups in total. The van der Waals surface area contributed by atoms with Crippen LogP contribution in [0.15, 0.2) is 34.9 Å². The molecule has 0 unspecified atom stereocenters. The summed E-state index contributed by atoms with van der Waals surface area (Å²) in [6, 6.07) is 7.04. The summed E-state index contributed by atoms with van der Waals surface area (Å²) in [4.78, 5) is 4.11. The van der Waals surface area contributed by atoms with Crippen molar-refractivity contribution in [2.45, 2.75) is 0 Å². The predicted molar refractivity (Wildman–Crippen MR) is 76.1 cm³/mol. The molecular formula is C11H8BrCl2N3. The first-order valence-electron chi connectivity index (χ1n) is 4.69. The third-order valence-corrected chi connectivity index (χ3v) is 3.26. The van der Waals surface area contributed by atoms with Gasteiger partial charge in [-0.15, -0.1) is 0 Å². The van der Waals surface area contributed by atoms with Gasteiger partial charge in [0, 0.05) is 9.50 Å². The molecule has 0 bridgehead atoms. The largest absolute Gasteiger partial charge is 0.397 e. The van der Waals surface area contributed by atoms with Crippen LogP contribution in [-0.2, 0) is 0 Å². The van der Waals surface area contributed by atoms with E-state index in [9.17, 15) is 0 Å². The summed E-state index contributed by atoms with van der Waals surface area (Å²) in [5.41, 5.74) is 6.88. The SMILES string of the molecule is Nc1cnc(Nc2cc(Cl)ccc2Br)c(Cl)c1. The number of benzene rings is 1. The highest BCUT2D eigenvalue weighted by Crippen LogP contribution is 2.31. The van der Waals surface area contributed by atoms with E-state index in [0.29, 0.717) is 21.6 Å². The lowest BCUT2D eigenvalue weighted by atomic mass is 10.3. The van der Waals surface area contributed by atoms with E-state index in [2.05, 4.69) is 26.2 Å². The molecule has 1 heterocycles. The molecule has 1 aromatic carbocycles. The Labute approximate surface area is 117 Å². The lowest BCUT2D eigenvalue weighted by Crippen LogP contribution is -1.97. The van der Waals surface area contributed by atoms with Crippen LogP contribution in [0.2, 0.25) is 10.0 Å². The highest BCUT2D eigenvalue weighted by Gasteiger charge is 2.06. The first-order chi connectivity index (χ1) is 8.06. The zero-order chi connectivity index (χ0) is 12.4. The van der Waals surface area contributed by atoms with Gasteiger partial charge in [0.25, 0.3) is 0 Å². The van der Waals surface area contributed by atoms with Gasteiger partial charge in [0.15, 0.2) is 0 Å². The van der Waals surface area contributed by atoms with Gasteiger partial charge in [-0.3, -0.25) is 0 Å². The van der Waals surface area contributed by atoms with Crippen molar-refractivity contribution in [2.24, 2.45) is 0 Å². The molecule has 88 valence electrons. The number of aromatic nitrogens is 1. The number of nitrogen functional groups attached to an aromatic ring is 1. The average molecular weight is 333 g/mol. The summed E-state index contributed by atoms with van der Waals surface area (Å²) in [6.07, 6.45) is 1.53. The van der Waals surface area contributed by atoms with Crippen LogP contribution >= 0.6 is 39.1 Å². The molecule has 0 atom stereocenters. The summed E-state index contributed by atoms with van der Waals surface area (Å²) in [6.45, 7) is 0. The minimum absolute atomic E-state index is 0.455. The Morgan fingerprint density at radius 2 is 2.00 bits per heavy atom. The first kappa shape index (κ1) is 12.5. The highest BCUT2D eigenvalue weighted by molar-refractivity contribution is 9.10. The Bertz CT molecular complexity index is 560. The standard InChI is InChI=1S/C11H8BrCl2N3/c12-8-2-1-6(13)3-10(8)17-11-9(14)4-7(15)5-16-11/h1-5H,15H2,(H,16,17). The Morgan fingerprint density at radius 1 is 1.24 bits per heavy atom. The smallest absolute Gasteiger partial charge is 0.149 e. The normalized spacial score (nSPS) is 10.3. The molecule has 17 heavy (non-hydrogen) atoms. The van der Waals surface area contributed by atoms with Crippen molar-refractivity contribution in [3.05, 3.63) is 45.0 Å². The summed E-state index contributed by atoms with van der Waals surface area (Å²) < 4.78 is 0.872. The number of nitrogens with one attached hydrogen (secondary N) is 1. The monoisotopic (exact) mass is 331 g/mol. The van der Waals surface area contributed by atoms with E-state index in [1.807, 2.05) is 6.07 Å². The van der Waals surface area contributed by atoms with Gasteiger partial charge in [0.1, 0.15) is 5.82 Å². The van der Waals surface area contributed by atoms with E-state index in [4.69, 9.17) is 28.9 Å². The Hall–Kier alpha value is -0.970. The van der Waals surface area contributed by atoms with E-state index in [1.165, 1.54) is 6.20 Å². The molecule has 0 amide bonds. The molecular weight excluding hydrogens is 325 g/mol. The Kier molecular flexibility index (Phi) is 3.76. The molecule has 0 fully saturated rings. The molecule has 1 aromatic heterocycles. The number of nitrogens with two attached hydrogens (primary N) is 1. The number of nitrogens with zero attached hydrogens (tertiary/aromatic N) is 1. The van der Waals surface area contributed by atoms with Crippen LogP contribution in [0.3, 0.4) is 0 Å². The number of hydrogen-bond donors (Lipinski definition) is 2. The molecule has 6 heteroatoms. The maximum Gasteiger partial charge on any atom is 0.149 e. The van der Waals surface area contributed by atoms with Crippen molar-refractivity contribution in [1.82, 2.24) is 4.98 Å². The van der Waals surface area contributed by atoms with E-state index in [0.717, 1.165) is 10.2 Å². The summed E-state index contributed by atoms with van der Waals surface area (Å²) >= 11 is 15.3. The van der Waals surface area contributed by atoms with Gasteiger partial charge >= 0.3 is 0 Å². The minimum Gasteiger partial charge on any atom is -0.397 e. The van der Waals surface area contributed by atoms with Gasteiger partial charge in [0.05, 0.1) is 22.6 Å². The van der Waals surface area contributed by atoms with Gasteiger partial charge in [-0.05, 0) is 40.2 Å². The molecule has 0 aliphatic heterocycles. The van der Waals surface area contributed by atoms with Crippen molar-refractivity contribution in [3.63, 3.8) is 0 Å². The third kappa shape index (κ3) is 3.03. The molecule has 2 aromatic rings. The summed E-state index contributed by atoms with van der Waals surface area (Å²) in [5, 5.41) is 4.16. The predicted octanol–water partition coefficient (Wildman–Crippen LogP) is 4.48. The van der Waals surface area contributed by atoms with Gasteiger partial charge in [-0.2, -0.15) is 0 Å². The fourth-order valence-corrected chi connectivity index (χ4v) is 2.01. The molecule has 0 saturated heterocycles. The quantitative estimate of drug-likeness (QED) is 0.852. The van der Waals surface area contributed by atoms with E-state index < -0.39 is 0 Å². The average Bonchev–Trinajstić information content (AvgIpc) is 2.27. The first-order valence-corrected chi connectivity index (χ1v) is 6.24. The lowest BCUT2D eigenvalue weighted by molar-refractivity contribution is 1.31. The van der Waals surface area contributed by atoms with Crippen LogP contribution in [0.4, 0.5) is 17.2 Å². The van der Waals surface area contributed by atoms with Crippen LogP contribution < -0.4 is 11.1 Å². The van der Waals surface area contributed by atoms with Crippen molar-refractivity contribution in [3.8, 4) is 0 Å². The van der Waals surface area contributed by atoms with Crippen LogP contribution in [-0.4, -0.2) is 4.98 Å². The number of halogens is 3.